The molecule has 2 atom stereocenters. The number of nitrogens with zero attached hydrogens (tertiary/aromatic N) is 4. The maximum Gasteiger partial charge on any atom is 0.410 e. The van der Waals surface area contributed by atoms with Gasteiger partial charge in [-0.25, -0.2) is 14.6 Å². The van der Waals surface area contributed by atoms with E-state index in [0.29, 0.717) is 42.7 Å². The van der Waals surface area contributed by atoms with Crippen molar-refractivity contribution in [2.45, 2.75) is 77.2 Å². The number of hydrogen-bond acceptors (Lipinski definition) is 7. The summed E-state index contributed by atoms with van der Waals surface area (Å²) in [6.07, 6.45) is 5.28. The summed E-state index contributed by atoms with van der Waals surface area (Å²) in [4.78, 5) is 55.4. The van der Waals surface area contributed by atoms with Crippen LogP contribution in [0.1, 0.15) is 75.9 Å². The molecule has 0 spiro atoms. The van der Waals surface area contributed by atoms with Crippen molar-refractivity contribution in [3.63, 3.8) is 0 Å². The van der Waals surface area contributed by atoms with Crippen molar-refractivity contribution in [2.24, 2.45) is 4.99 Å². The zero-order chi connectivity index (χ0) is 36.7. The molecule has 0 saturated carbocycles. The van der Waals surface area contributed by atoms with Crippen LogP contribution in [0.25, 0.3) is 38.4 Å². The molecule has 0 unspecified atom stereocenters. The van der Waals surface area contributed by atoms with E-state index in [4.69, 9.17) is 19.5 Å². The van der Waals surface area contributed by atoms with Crippen LogP contribution in [-0.2, 0) is 16.1 Å². The molecule has 3 aliphatic rings. The van der Waals surface area contributed by atoms with E-state index in [1.165, 1.54) is 0 Å². The normalized spacial score (nSPS) is 18.8. The van der Waals surface area contributed by atoms with Crippen molar-refractivity contribution in [3.05, 3.63) is 118 Å². The summed E-state index contributed by atoms with van der Waals surface area (Å²) in [6, 6.07) is 27.7. The first-order valence-corrected chi connectivity index (χ1v) is 18.4. The molecule has 3 aliphatic heterocycles. The highest BCUT2D eigenvalue weighted by Crippen LogP contribution is 2.34. The molecule has 0 bridgehead atoms. The number of H-pyrrole nitrogens is 1. The van der Waals surface area contributed by atoms with Crippen LogP contribution in [0.5, 0.6) is 0 Å². The highest BCUT2D eigenvalue weighted by Gasteiger charge is 2.36. The Kier molecular flexibility index (Phi) is 9.06. The fourth-order valence-electron chi connectivity index (χ4n) is 7.67. The molecule has 0 radical (unpaired) electrons. The van der Waals surface area contributed by atoms with Crippen molar-refractivity contribution in [3.8, 4) is 11.1 Å². The summed E-state index contributed by atoms with van der Waals surface area (Å²) in [5, 5.41) is 2.68. The average Bonchev–Trinajstić information content (AvgIpc) is 3.95. The van der Waals surface area contributed by atoms with Gasteiger partial charge in [0, 0.05) is 31.4 Å². The van der Waals surface area contributed by atoms with Gasteiger partial charge in [-0.2, -0.15) is 0 Å². The van der Waals surface area contributed by atoms with E-state index in [0.717, 1.165) is 63.6 Å². The van der Waals surface area contributed by atoms with Crippen molar-refractivity contribution in [2.75, 3.05) is 13.1 Å². The summed E-state index contributed by atoms with van der Waals surface area (Å²) >= 11 is 0. The largest absolute Gasteiger partial charge is 0.445 e. The Morgan fingerprint density at radius 1 is 0.811 bits per heavy atom. The maximum absolute atomic E-state index is 13.4. The second-order valence-electron chi connectivity index (χ2n) is 15.1. The Hall–Kier alpha value is -5.77. The molecule has 4 aromatic carbocycles. The monoisotopic (exact) mass is 709 g/mol. The van der Waals surface area contributed by atoms with E-state index in [1.807, 2.05) is 80.4 Å². The predicted octanol–water partition coefficient (Wildman–Crippen LogP) is 8.80. The Bertz CT molecular complexity index is 2340. The first-order chi connectivity index (χ1) is 25.6. The van der Waals surface area contributed by atoms with Gasteiger partial charge in [-0.1, -0.05) is 60.7 Å². The molecular weight excluding hydrogens is 667 g/mol. The Balaban J connectivity index is 0.959. The minimum Gasteiger partial charge on any atom is -0.445 e. The number of likely N-dealkylation sites (tertiary alicyclic amines) is 2. The Morgan fingerprint density at radius 3 is 2.23 bits per heavy atom. The van der Waals surface area contributed by atoms with Crippen molar-refractivity contribution in [1.82, 2.24) is 19.8 Å². The number of hydrogen-bond donors (Lipinski definition) is 1. The number of aliphatic imine (C=N–C) groups is 1. The quantitative estimate of drug-likeness (QED) is 0.188. The predicted molar refractivity (Wildman–Crippen MR) is 207 cm³/mol. The van der Waals surface area contributed by atoms with Crippen molar-refractivity contribution in [1.29, 1.82) is 0 Å². The number of benzene rings is 4. The number of amides is 2. The lowest BCUT2D eigenvalue weighted by Crippen LogP contribution is -2.43. The molecule has 10 heteroatoms. The molecule has 53 heavy (non-hydrogen) atoms. The minimum atomic E-state index is -0.538. The third-order valence-electron chi connectivity index (χ3n) is 10.3. The van der Waals surface area contributed by atoms with Gasteiger partial charge in [0.2, 0.25) is 0 Å². The topological polar surface area (TPSA) is 117 Å². The number of aromatic amines is 1. The first-order valence-electron chi connectivity index (χ1n) is 18.4. The summed E-state index contributed by atoms with van der Waals surface area (Å²) in [5.74, 6) is 0.476. The van der Waals surface area contributed by atoms with Gasteiger partial charge in [0.25, 0.3) is 5.56 Å². The standard InChI is InChI=1S/C43H43N5O5/c1-43(2,3)53-42(51)47-19-7-11-37(47)36-24-33(25-44-36)31-16-15-28-21-30(14-13-29(28)22-31)32-17-18-35-34(23-32)40(49)46-39(45-35)38-12-8-20-48(38)41(50)52-26-27-9-5-4-6-10-27/h4-6,9-10,13-18,21-23,25,37-38H,7-8,11-12,19-20,24,26H2,1-3H3,(H,45,46,49)/t37-,38-/m0/s1. The van der Waals surface area contributed by atoms with Gasteiger partial charge in [0.05, 0.1) is 23.0 Å². The molecule has 8 rings (SSSR count). The minimum absolute atomic E-state index is 0.0380. The maximum atomic E-state index is 13.4. The molecule has 2 amide bonds. The second-order valence-corrected chi connectivity index (χ2v) is 15.1. The zero-order valence-corrected chi connectivity index (χ0v) is 30.3. The van der Waals surface area contributed by atoms with Gasteiger partial charge in [-0.05, 0) is 109 Å². The van der Waals surface area contributed by atoms with Gasteiger partial charge < -0.3 is 14.5 Å². The summed E-state index contributed by atoms with van der Waals surface area (Å²) in [5.41, 5.74) is 5.88. The molecule has 1 N–H and O–H groups in total. The Labute approximate surface area is 308 Å². The molecule has 2 fully saturated rings. The number of rotatable bonds is 6. The van der Waals surface area contributed by atoms with Crippen LogP contribution in [0, 0.1) is 0 Å². The van der Waals surface area contributed by atoms with E-state index in [2.05, 4.69) is 41.4 Å². The van der Waals surface area contributed by atoms with Gasteiger partial charge in [0.15, 0.2) is 0 Å². The van der Waals surface area contributed by atoms with E-state index in [1.54, 1.807) is 4.90 Å². The highest BCUT2D eigenvalue weighted by atomic mass is 16.6. The number of carbonyl (C=O) groups excluding carboxylic acids is 2. The van der Waals surface area contributed by atoms with E-state index in [-0.39, 0.29) is 30.3 Å². The number of fused-ring (bicyclic) bond motifs is 2. The van der Waals surface area contributed by atoms with Crippen LogP contribution >= 0.6 is 0 Å². The molecule has 4 heterocycles. The summed E-state index contributed by atoms with van der Waals surface area (Å²) in [6.45, 7) is 7.09. The van der Waals surface area contributed by atoms with Crippen molar-refractivity contribution < 1.29 is 19.1 Å². The SMILES string of the molecule is CC(C)(C)OC(=O)N1CCC[C@H]1C1=NC=C(c2ccc3cc(-c4ccc5nc([C@@H]6CCCN6C(=O)OCc6ccccc6)[nH]c(=O)c5c4)ccc3c2)C1. The lowest BCUT2D eigenvalue weighted by molar-refractivity contribution is 0.0265. The van der Waals surface area contributed by atoms with E-state index >= 15 is 0 Å². The lowest BCUT2D eigenvalue weighted by Gasteiger charge is -2.28. The zero-order valence-electron chi connectivity index (χ0n) is 30.3. The molecule has 2 saturated heterocycles. The number of ether oxygens (including phenoxy) is 2. The van der Waals surface area contributed by atoms with Crippen LogP contribution in [0.4, 0.5) is 9.59 Å². The highest BCUT2D eigenvalue weighted by molar-refractivity contribution is 6.03. The summed E-state index contributed by atoms with van der Waals surface area (Å²) < 4.78 is 11.3. The lowest BCUT2D eigenvalue weighted by atomic mass is 9.95. The molecule has 1 aromatic heterocycles. The van der Waals surface area contributed by atoms with Gasteiger partial charge in [0.1, 0.15) is 18.0 Å². The van der Waals surface area contributed by atoms with E-state index in [9.17, 15) is 14.4 Å². The number of carbonyl (C=O) groups is 2. The number of allylic oxidation sites excluding steroid dienone is 1. The Morgan fingerprint density at radius 2 is 1.47 bits per heavy atom. The van der Waals surface area contributed by atoms with Crippen LogP contribution in [0.15, 0.2) is 101 Å². The second kappa shape index (κ2) is 14.0. The number of aromatic nitrogens is 2. The van der Waals surface area contributed by atoms with Gasteiger partial charge in [-0.15, -0.1) is 0 Å². The third kappa shape index (κ3) is 7.18. The third-order valence-corrected chi connectivity index (χ3v) is 10.3. The van der Waals surface area contributed by atoms with E-state index < -0.39 is 11.7 Å². The molecular formula is C43H43N5O5. The number of nitrogens with one attached hydrogen (secondary N) is 1. The van der Waals surface area contributed by atoms with Crippen LogP contribution in [0.3, 0.4) is 0 Å². The fourth-order valence-corrected chi connectivity index (χ4v) is 7.67. The molecule has 270 valence electrons. The van der Waals surface area contributed by atoms with Gasteiger partial charge in [-0.3, -0.25) is 19.6 Å². The van der Waals surface area contributed by atoms with Crippen molar-refractivity contribution >= 4 is 45.1 Å². The smallest absolute Gasteiger partial charge is 0.410 e. The molecule has 5 aromatic rings. The van der Waals surface area contributed by atoms with Crippen LogP contribution in [-0.4, -0.2) is 62.4 Å². The van der Waals surface area contributed by atoms with Crippen LogP contribution < -0.4 is 5.56 Å². The molecule has 10 nitrogen and oxygen atoms in total. The first kappa shape index (κ1) is 34.3. The average molecular weight is 710 g/mol. The van der Waals surface area contributed by atoms with Crippen LogP contribution in [0.2, 0.25) is 0 Å². The fraction of sp³-hybridized carbons (Fsp3) is 0.326. The summed E-state index contributed by atoms with van der Waals surface area (Å²) in [7, 11) is 0. The molecule has 0 aliphatic carbocycles. The van der Waals surface area contributed by atoms with Gasteiger partial charge >= 0.3 is 12.2 Å².